The van der Waals surface area contributed by atoms with Gasteiger partial charge in [-0.1, -0.05) is 11.6 Å². The molecule has 5 heteroatoms. The van der Waals surface area contributed by atoms with Gasteiger partial charge in [0.05, 0.1) is 12.2 Å². The molecule has 0 aromatic carbocycles. The molecule has 94 valence electrons. The number of rotatable bonds is 4. The Kier molecular flexibility index (Phi) is 3.78. The number of nitrogens with two attached hydrogens (primary N) is 1. The maximum Gasteiger partial charge on any atom is 0.223 e. The number of hydrogen-bond acceptors (Lipinski definition) is 4. The van der Waals surface area contributed by atoms with Crippen molar-refractivity contribution >= 4 is 5.91 Å². The summed E-state index contributed by atoms with van der Waals surface area (Å²) in [6.45, 7) is 2.86. The van der Waals surface area contributed by atoms with Crippen LogP contribution in [-0.4, -0.2) is 17.6 Å². The Labute approximate surface area is 101 Å². The van der Waals surface area contributed by atoms with Gasteiger partial charge >= 0.3 is 0 Å². The van der Waals surface area contributed by atoms with Crippen molar-refractivity contribution in [1.29, 1.82) is 0 Å². The third kappa shape index (κ3) is 2.85. The molecule has 1 heterocycles. The van der Waals surface area contributed by atoms with Crippen LogP contribution < -0.4 is 11.1 Å². The zero-order chi connectivity index (χ0) is 12.3. The SMILES string of the molecule is Cc1cc(CNC(=O)C2CCCC2CN)on1. The summed E-state index contributed by atoms with van der Waals surface area (Å²) in [6.07, 6.45) is 3.11. The highest BCUT2D eigenvalue weighted by molar-refractivity contribution is 5.79. The molecule has 3 N–H and O–H groups in total. The van der Waals surface area contributed by atoms with Crippen LogP contribution in [0.2, 0.25) is 0 Å². The average Bonchev–Trinajstić information content (AvgIpc) is 2.94. The van der Waals surface area contributed by atoms with E-state index in [1.807, 2.05) is 13.0 Å². The Morgan fingerprint density at radius 1 is 1.65 bits per heavy atom. The number of amides is 1. The van der Waals surface area contributed by atoms with Crippen molar-refractivity contribution in [1.82, 2.24) is 10.5 Å². The van der Waals surface area contributed by atoms with Gasteiger partial charge in [0.1, 0.15) is 0 Å². The molecule has 1 aromatic rings. The lowest BCUT2D eigenvalue weighted by Gasteiger charge is -2.16. The Morgan fingerprint density at radius 3 is 3.12 bits per heavy atom. The zero-order valence-electron chi connectivity index (χ0n) is 10.1. The van der Waals surface area contributed by atoms with Gasteiger partial charge < -0.3 is 15.6 Å². The largest absolute Gasteiger partial charge is 0.359 e. The van der Waals surface area contributed by atoms with E-state index < -0.39 is 0 Å². The predicted octanol–water partition coefficient (Wildman–Crippen LogP) is 0.974. The molecular weight excluding hydrogens is 218 g/mol. The Bertz CT molecular complexity index is 389. The first kappa shape index (κ1) is 12.1. The highest BCUT2D eigenvalue weighted by atomic mass is 16.5. The van der Waals surface area contributed by atoms with Crippen molar-refractivity contribution in [2.45, 2.75) is 32.7 Å². The van der Waals surface area contributed by atoms with Crippen LogP contribution in [0.15, 0.2) is 10.6 Å². The first-order chi connectivity index (χ1) is 8.20. The van der Waals surface area contributed by atoms with E-state index in [4.69, 9.17) is 10.3 Å². The van der Waals surface area contributed by atoms with E-state index in [1.165, 1.54) is 0 Å². The maximum absolute atomic E-state index is 12.0. The van der Waals surface area contributed by atoms with Gasteiger partial charge in [-0.25, -0.2) is 0 Å². The van der Waals surface area contributed by atoms with E-state index >= 15 is 0 Å². The summed E-state index contributed by atoms with van der Waals surface area (Å²) < 4.78 is 5.04. The standard InChI is InChI=1S/C12H19N3O2/c1-8-5-10(17-15-8)7-14-12(16)11-4-2-3-9(11)6-13/h5,9,11H,2-4,6-7,13H2,1H3,(H,14,16). The summed E-state index contributed by atoms with van der Waals surface area (Å²) in [5.74, 6) is 1.20. The number of hydrogen-bond donors (Lipinski definition) is 2. The van der Waals surface area contributed by atoms with Gasteiger partial charge in [-0.15, -0.1) is 0 Å². The maximum atomic E-state index is 12.0. The summed E-state index contributed by atoms with van der Waals surface area (Å²) in [5, 5.41) is 6.67. The molecular formula is C12H19N3O2. The van der Waals surface area contributed by atoms with Crippen LogP contribution in [0.3, 0.4) is 0 Å². The van der Waals surface area contributed by atoms with Crippen LogP contribution in [0.5, 0.6) is 0 Å². The third-order valence-electron chi connectivity index (χ3n) is 3.41. The number of aryl methyl sites for hydroxylation is 1. The van der Waals surface area contributed by atoms with Gasteiger partial charge in [-0.2, -0.15) is 0 Å². The molecule has 1 saturated carbocycles. The number of nitrogens with zero attached hydrogens (tertiary/aromatic N) is 1. The van der Waals surface area contributed by atoms with Crippen molar-refractivity contribution in [2.75, 3.05) is 6.54 Å². The third-order valence-corrected chi connectivity index (χ3v) is 3.41. The van der Waals surface area contributed by atoms with E-state index in [0.717, 1.165) is 25.0 Å². The molecule has 0 radical (unpaired) electrons. The molecule has 5 nitrogen and oxygen atoms in total. The van der Waals surface area contributed by atoms with Gasteiger partial charge in [0.2, 0.25) is 5.91 Å². The molecule has 17 heavy (non-hydrogen) atoms. The minimum absolute atomic E-state index is 0.0732. The molecule has 2 rings (SSSR count). The predicted molar refractivity (Wildman–Crippen MR) is 63.0 cm³/mol. The van der Waals surface area contributed by atoms with Crippen LogP contribution >= 0.6 is 0 Å². The number of carbonyl (C=O) groups excluding carboxylic acids is 1. The molecule has 1 fully saturated rings. The summed E-state index contributed by atoms with van der Waals surface area (Å²) in [5.41, 5.74) is 6.49. The van der Waals surface area contributed by atoms with Crippen LogP contribution in [0, 0.1) is 18.8 Å². The molecule has 1 aromatic heterocycles. The second-order valence-corrected chi connectivity index (χ2v) is 4.69. The second kappa shape index (κ2) is 5.31. The number of aromatic nitrogens is 1. The summed E-state index contributed by atoms with van der Waals surface area (Å²) in [4.78, 5) is 12.0. The first-order valence-corrected chi connectivity index (χ1v) is 6.10. The summed E-state index contributed by atoms with van der Waals surface area (Å²) in [7, 11) is 0. The van der Waals surface area contributed by atoms with Gasteiger partial charge in [0, 0.05) is 12.0 Å². The fraction of sp³-hybridized carbons (Fsp3) is 0.667. The van der Waals surface area contributed by atoms with Gasteiger partial charge in [0.15, 0.2) is 5.76 Å². The van der Waals surface area contributed by atoms with E-state index in [0.29, 0.717) is 24.8 Å². The van der Waals surface area contributed by atoms with Crippen LogP contribution in [0.1, 0.15) is 30.7 Å². The zero-order valence-corrected chi connectivity index (χ0v) is 10.1. The van der Waals surface area contributed by atoms with Crippen LogP contribution in [0.4, 0.5) is 0 Å². The highest BCUT2D eigenvalue weighted by Gasteiger charge is 2.31. The molecule has 1 amide bonds. The smallest absolute Gasteiger partial charge is 0.223 e. The van der Waals surface area contributed by atoms with Crippen molar-refractivity contribution in [3.8, 4) is 0 Å². The van der Waals surface area contributed by atoms with Gasteiger partial charge in [-0.05, 0) is 32.2 Å². The van der Waals surface area contributed by atoms with E-state index in [2.05, 4.69) is 10.5 Å². The number of carbonyl (C=O) groups is 1. The summed E-state index contributed by atoms with van der Waals surface area (Å²) in [6, 6.07) is 1.83. The summed E-state index contributed by atoms with van der Waals surface area (Å²) >= 11 is 0. The minimum atomic E-state index is 0.0732. The Morgan fingerprint density at radius 2 is 2.47 bits per heavy atom. The highest BCUT2D eigenvalue weighted by Crippen LogP contribution is 2.30. The van der Waals surface area contributed by atoms with Gasteiger partial charge in [0.25, 0.3) is 0 Å². The fourth-order valence-corrected chi connectivity index (χ4v) is 2.47. The molecule has 0 saturated heterocycles. The van der Waals surface area contributed by atoms with Crippen LogP contribution in [0.25, 0.3) is 0 Å². The molecule has 0 spiro atoms. The van der Waals surface area contributed by atoms with Crippen molar-refractivity contribution < 1.29 is 9.32 Å². The van der Waals surface area contributed by atoms with E-state index in [1.54, 1.807) is 0 Å². The molecule has 2 unspecified atom stereocenters. The second-order valence-electron chi connectivity index (χ2n) is 4.69. The van der Waals surface area contributed by atoms with E-state index in [-0.39, 0.29) is 11.8 Å². The lowest BCUT2D eigenvalue weighted by molar-refractivity contribution is -0.126. The minimum Gasteiger partial charge on any atom is -0.359 e. The molecule has 0 aliphatic heterocycles. The number of nitrogens with one attached hydrogen (secondary N) is 1. The fourth-order valence-electron chi connectivity index (χ4n) is 2.47. The molecule has 1 aliphatic rings. The lowest BCUT2D eigenvalue weighted by atomic mass is 9.95. The van der Waals surface area contributed by atoms with Crippen molar-refractivity contribution in [2.24, 2.45) is 17.6 Å². The Balaban J connectivity index is 1.84. The van der Waals surface area contributed by atoms with E-state index in [9.17, 15) is 4.79 Å². The quantitative estimate of drug-likeness (QED) is 0.817. The first-order valence-electron chi connectivity index (χ1n) is 6.10. The van der Waals surface area contributed by atoms with Crippen molar-refractivity contribution in [3.05, 3.63) is 17.5 Å². The molecule has 1 aliphatic carbocycles. The van der Waals surface area contributed by atoms with Gasteiger partial charge in [-0.3, -0.25) is 4.79 Å². The monoisotopic (exact) mass is 237 g/mol. The van der Waals surface area contributed by atoms with Crippen LogP contribution in [-0.2, 0) is 11.3 Å². The topological polar surface area (TPSA) is 81.2 Å². The van der Waals surface area contributed by atoms with Crippen molar-refractivity contribution in [3.63, 3.8) is 0 Å². The molecule has 2 atom stereocenters. The Hall–Kier alpha value is -1.36. The molecule has 0 bridgehead atoms. The normalized spacial score (nSPS) is 23.9. The average molecular weight is 237 g/mol. The lowest BCUT2D eigenvalue weighted by Crippen LogP contribution is -2.34.